The van der Waals surface area contributed by atoms with Crippen LogP contribution in [0.3, 0.4) is 0 Å². The highest BCUT2D eigenvalue weighted by Gasteiger charge is 2.35. The van der Waals surface area contributed by atoms with E-state index < -0.39 is 11.7 Å². The summed E-state index contributed by atoms with van der Waals surface area (Å²) in [4.78, 5) is 31.4. The van der Waals surface area contributed by atoms with Gasteiger partial charge in [-0.15, -0.1) is 0 Å². The SMILES string of the molecule is CCN1CCN(Cc2ccc(CC(=O)N3CCc4ccc(Oc5ncnc6[nH]c(C)cc56)cc4[C@@H]3C)cc2C(F)(F)F)CC1. The molecule has 0 saturated carbocycles. The van der Waals surface area contributed by atoms with Gasteiger partial charge >= 0.3 is 6.18 Å². The molecular weight excluding hydrogens is 569 g/mol. The third kappa shape index (κ3) is 6.30. The van der Waals surface area contributed by atoms with Gasteiger partial charge in [0, 0.05) is 45.0 Å². The zero-order valence-electron chi connectivity index (χ0n) is 25.2. The van der Waals surface area contributed by atoms with Crippen LogP contribution in [-0.4, -0.2) is 74.8 Å². The van der Waals surface area contributed by atoms with Crippen molar-refractivity contribution in [1.29, 1.82) is 0 Å². The highest BCUT2D eigenvalue weighted by Crippen LogP contribution is 2.36. The van der Waals surface area contributed by atoms with Gasteiger partial charge in [0.05, 0.1) is 23.4 Å². The molecule has 1 saturated heterocycles. The summed E-state index contributed by atoms with van der Waals surface area (Å²) in [7, 11) is 0. The Hall–Kier alpha value is -3.96. The van der Waals surface area contributed by atoms with Crippen molar-refractivity contribution < 1.29 is 22.7 Å². The summed E-state index contributed by atoms with van der Waals surface area (Å²) in [5, 5.41) is 0.774. The Labute approximate surface area is 254 Å². The number of hydrogen-bond acceptors (Lipinski definition) is 6. The normalized spacial score (nSPS) is 18.0. The fourth-order valence-corrected chi connectivity index (χ4v) is 6.35. The predicted molar refractivity (Wildman–Crippen MR) is 162 cm³/mol. The van der Waals surface area contributed by atoms with Gasteiger partial charge in [-0.1, -0.05) is 25.1 Å². The molecule has 2 aliphatic rings. The Morgan fingerprint density at radius 1 is 1.02 bits per heavy atom. The average Bonchev–Trinajstić information content (AvgIpc) is 3.39. The molecule has 8 nitrogen and oxygen atoms in total. The second-order valence-corrected chi connectivity index (χ2v) is 11.7. The molecule has 44 heavy (non-hydrogen) atoms. The lowest BCUT2D eigenvalue weighted by Crippen LogP contribution is -2.45. The molecule has 4 aromatic rings. The molecule has 1 amide bonds. The number of nitrogens with zero attached hydrogens (tertiary/aromatic N) is 5. The number of benzene rings is 2. The Balaban J connectivity index is 1.17. The van der Waals surface area contributed by atoms with Gasteiger partial charge in [-0.25, -0.2) is 9.97 Å². The van der Waals surface area contributed by atoms with Crippen molar-refractivity contribution in [2.45, 2.75) is 52.4 Å². The van der Waals surface area contributed by atoms with Crippen LogP contribution in [0.25, 0.3) is 11.0 Å². The lowest BCUT2D eigenvalue weighted by Gasteiger charge is -2.36. The minimum atomic E-state index is -4.50. The third-order valence-electron chi connectivity index (χ3n) is 8.86. The van der Waals surface area contributed by atoms with Crippen molar-refractivity contribution >= 4 is 16.9 Å². The fraction of sp³-hybridized carbons (Fsp3) is 0.424. The Morgan fingerprint density at radius 3 is 2.55 bits per heavy atom. The highest BCUT2D eigenvalue weighted by molar-refractivity contribution is 5.82. The Kier molecular flexibility index (Phi) is 8.34. The van der Waals surface area contributed by atoms with E-state index >= 15 is 0 Å². The largest absolute Gasteiger partial charge is 0.438 e. The van der Waals surface area contributed by atoms with Gasteiger partial charge in [-0.05, 0) is 73.3 Å². The molecule has 6 rings (SSSR count). The number of piperazine rings is 1. The number of amides is 1. The van der Waals surface area contributed by atoms with Crippen molar-refractivity contribution in [3.05, 3.63) is 82.3 Å². The molecule has 2 aliphatic heterocycles. The molecular formula is C33H37F3N6O2. The minimum Gasteiger partial charge on any atom is -0.438 e. The van der Waals surface area contributed by atoms with E-state index in [-0.39, 0.29) is 30.5 Å². The zero-order valence-corrected chi connectivity index (χ0v) is 25.2. The monoisotopic (exact) mass is 606 g/mol. The number of fused-ring (bicyclic) bond motifs is 2. The van der Waals surface area contributed by atoms with Crippen LogP contribution in [-0.2, 0) is 30.4 Å². The topological polar surface area (TPSA) is 77.6 Å². The molecule has 0 bridgehead atoms. The van der Waals surface area contributed by atoms with Gasteiger partial charge in [-0.2, -0.15) is 13.2 Å². The van der Waals surface area contributed by atoms with Gasteiger partial charge in [0.1, 0.15) is 17.7 Å². The summed E-state index contributed by atoms with van der Waals surface area (Å²) in [6, 6.07) is 11.9. The van der Waals surface area contributed by atoms with Crippen LogP contribution in [0.1, 0.15) is 53.4 Å². The second kappa shape index (κ2) is 12.2. The first-order valence-electron chi connectivity index (χ1n) is 15.1. The van der Waals surface area contributed by atoms with Crippen LogP contribution < -0.4 is 4.74 Å². The number of rotatable bonds is 7. The molecule has 11 heteroatoms. The first-order chi connectivity index (χ1) is 21.1. The van der Waals surface area contributed by atoms with Gasteiger partial charge < -0.3 is 19.5 Å². The quantitative estimate of drug-likeness (QED) is 0.282. The maximum Gasteiger partial charge on any atom is 0.416 e. The molecule has 0 spiro atoms. The molecule has 2 aromatic heterocycles. The van der Waals surface area contributed by atoms with Crippen LogP contribution in [0.4, 0.5) is 13.2 Å². The summed E-state index contributed by atoms with van der Waals surface area (Å²) in [6.07, 6.45) is -2.50. The molecule has 1 N–H and O–H groups in total. The molecule has 1 fully saturated rings. The molecule has 0 radical (unpaired) electrons. The number of hydrogen-bond donors (Lipinski definition) is 1. The van der Waals surface area contributed by atoms with E-state index in [9.17, 15) is 18.0 Å². The van der Waals surface area contributed by atoms with Gasteiger partial charge in [0.2, 0.25) is 11.8 Å². The van der Waals surface area contributed by atoms with Crippen molar-refractivity contribution in [3.63, 3.8) is 0 Å². The van der Waals surface area contributed by atoms with E-state index in [0.717, 1.165) is 61.0 Å². The van der Waals surface area contributed by atoms with Crippen LogP contribution in [0.5, 0.6) is 11.6 Å². The number of aromatic amines is 1. The van der Waals surface area contributed by atoms with Gasteiger partial charge in [0.25, 0.3) is 0 Å². The number of alkyl halides is 3. The first kappa shape index (κ1) is 30.1. The van der Waals surface area contributed by atoms with E-state index in [0.29, 0.717) is 35.8 Å². The van der Waals surface area contributed by atoms with Gasteiger partial charge in [0.15, 0.2) is 0 Å². The molecule has 2 aromatic carbocycles. The van der Waals surface area contributed by atoms with Crippen LogP contribution in [0.15, 0.2) is 48.8 Å². The summed E-state index contributed by atoms with van der Waals surface area (Å²) in [6.45, 7) is 10.8. The van der Waals surface area contributed by atoms with Crippen molar-refractivity contribution in [1.82, 2.24) is 29.7 Å². The van der Waals surface area contributed by atoms with Crippen LogP contribution in [0, 0.1) is 6.92 Å². The minimum absolute atomic E-state index is 0.0971. The van der Waals surface area contributed by atoms with E-state index in [1.165, 1.54) is 6.33 Å². The number of nitrogens with one attached hydrogen (secondary N) is 1. The summed E-state index contributed by atoms with van der Waals surface area (Å²) >= 11 is 0. The summed E-state index contributed by atoms with van der Waals surface area (Å²) in [5.74, 6) is 0.819. The molecule has 0 aliphatic carbocycles. The molecule has 0 unspecified atom stereocenters. The standard InChI is InChI=1S/C33H37F3N6O2/c1-4-40-11-13-41(14-12-40)19-25-6-5-23(16-29(25)33(34,35)36)17-30(43)42-10-9-24-7-8-26(18-27(24)22(42)3)44-32-28-15-21(2)39-31(28)37-20-38-32/h5-8,15-16,18,20,22H,4,9-14,17,19H2,1-3H3,(H,37,38,39)/t22-/m0/s1. The number of H-pyrrole nitrogens is 1. The number of halogens is 3. The number of likely N-dealkylation sites (N-methyl/N-ethyl adjacent to an activating group) is 1. The Bertz CT molecular complexity index is 1660. The maximum atomic E-state index is 14.2. The number of aryl methyl sites for hydroxylation is 1. The first-order valence-corrected chi connectivity index (χ1v) is 15.1. The number of aromatic nitrogens is 3. The zero-order chi connectivity index (χ0) is 31.0. The van der Waals surface area contributed by atoms with E-state index in [4.69, 9.17) is 4.74 Å². The van der Waals surface area contributed by atoms with E-state index in [2.05, 4.69) is 31.7 Å². The fourth-order valence-electron chi connectivity index (χ4n) is 6.35. The lowest BCUT2D eigenvalue weighted by atomic mass is 9.92. The molecule has 4 heterocycles. The van der Waals surface area contributed by atoms with Crippen molar-refractivity contribution in [2.75, 3.05) is 39.3 Å². The highest BCUT2D eigenvalue weighted by atomic mass is 19.4. The van der Waals surface area contributed by atoms with Crippen molar-refractivity contribution in [3.8, 4) is 11.6 Å². The summed E-state index contributed by atoms with van der Waals surface area (Å²) in [5.41, 5.74) is 3.66. The van der Waals surface area contributed by atoms with E-state index in [1.807, 2.05) is 38.1 Å². The molecule has 1 atom stereocenters. The average molecular weight is 607 g/mol. The Morgan fingerprint density at radius 2 is 1.80 bits per heavy atom. The molecule has 232 valence electrons. The van der Waals surface area contributed by atoms with Crippen molar-refractivity contribution in [2.24, 2.45) is 0 Å². The number of ether oxygens (including phenoxy) is 1. The number of carbonyl (C=O) groups excluding carboxylic acids is 1. The van der Waals surface area contributed by atoms with E-state index in [1.54, 1.807) is 17.0 Å². The van der Waals surface area contributed by atoms with Gasteiger partial charge in [-0.3, -0.25) is 9.69 Å². The predicted octanol–water partition coefficient (Wildman–Crippen LogP) is 5.90. The van der Waals surface area contributed by atoms with Crippen LogP contribution in [0.2, 0.25) is 0 Å². The van der Waals surface area contributed by atoms with Crippen LogP contribution >= 0.6 is 0 Å². The number of carbonyl (C=O) groups is 1. The third-order valence-corrected chi connectivity index (χ3v) is 8.86. The smallest absolute Gasteiger partial charge is 0.416 e. The second-order valence-electron chi connectivity index (χ2n) is 11.7. The maximum absolute atomic E-state index is 14.2. The summed E-state index contributed by atoms with van der Waals surface area (Å²) < 4.78 is 48.6. The lowest BCUT2D eigenvalue weighted by molar-refractivity contribution is -0.139.